The predicted molar refractivity (Wildman–Crippen MR) is 113 cm³/mol. The van der Waals surface area contributed by atoms with E-state index in [4.69, 9.17) is 4.99 Å². The van der Waals surface area contributed by atoms with Crippen molar-refractivity contribution in [3.05, 3.63) is 23.8 Å². The number of amides is 1. The van der Waals surface area contributed by atoms with E-state index in [0.29, 0.717) is 18.5 Å². The average Bonchev–Trinajstić information content (AvgIpc) is 2.68. The van der Waals surface area contributed by atoms with Crippen molar-refractivity contribution in [3.63, 3.8) is 0 Å². The van der Waals surface area contributed by atoms with E-state index in [1.807, 2.05) is 13.8 Å². The van der Waals surface area contributed by atoms with Gasteiger partial charge in [0.05, 0.1) is 11.6 Å². The van der Waals surface area contributed by atoms with E-state index in [2.05, 4.69) is 37.6 Å². The molecule has 0 saturated heterocycles. The monoisotopic (exact) mass is 374 g/mol. The van der Waals surface area contributed by atoms with Gasteiger partial charge in [-0.05, 0) is 39.5 Å². The minimum Gasteiger partial charge on any atom is -0.330 e. The molecule has 1 amide bonds. The van der Waals surface area contributed by atoms with Crippen LogP contribution in [0.3, 0.4) is 0 Å². The van der Waals surface area contributed by atoms with Gasteiger partial charge < -0.3 is 10.2 Å². The van der Waals surface area contributed by atoms with Gasteiger partial charge in [0.1, 0.15) is 17.5 Å². The van der Waals surface area contributed by atoms with Crippen LogP contribution < -0.4 is 5.32 Å². The second-order valence-corrected chi connectivity index (χ2v) is 7.83. The van der Waals surface area contributed by atoms with Gasteiger partial charge >= 0.3 is 0 Å². The van der Waals surface area contributed by atoms with Gasteiger partial charge in [0.15, 0.2) is 0 Å². The molecule has 0 aromatic carbocycles. The highest BCUT2D eigenvalue weighted by atomic mass is 16.2. The molecule has 152 valence electrons. The van der Waals surface area contributed by atoms with E-state index in [1.165, 1.54) is 32.1 Å². The molecule has 2 aliphatic rings. The first-order chi connectivity index (χ1) is 12.9. The standard InChI is InChI=1S/C22H38N4O/c1-7-15-26-18(6)25(9-3)22(27)17(5)21(26)24-20(16(4)8-2)23-19-13-11-10-12-14-19/h16,19H,6-15H2,1-5H3,(H,23,24). The lowest BCUT2D eigenvalue weighted by Crippen LogP contribution is -2.49. The summed E-state index contributed by atoms with van der Waals surface area (Å²) in [5, 5.41) is 3.59. The second kappa shape index (κ2) is 9.95. The zero-order chi connectivity index (χ0) is 20.0. The highest BCUT2D eigenvalue weighted by molar-refractivity contribution is 5.97. The molecule has 1 fully saturated rings. The number of nitrogens with zero attached hydrogens (tertiary/aromatic N) is 3. The summed E-state index contributed by atoms with van der Waals surface area (Å²) in [6, 6.07) is 0.408. The zero-order valence-electron chi connectivity index (χ0n) is 18.0. The Morgan fingerprint density at radius 3 is 2.44 bits per heavy atom. The first-order valence-electron chi connectivity index (χ1n) is 10.8. The number of likely N-dealkylation sites (N-methyl/N-ethyl adjacent to an activating group) is 1. The van der Waals surface area contributed by atoms with Crippen LogP contribution in [0.1, 0.15) is 79.6 Å². The molecular formula is C22H38N4O. The highest BCUT2D eigenvalue weighted by Gasteiger charge is 2.32. The third-order valence-corrected chi connectivity index (χ3v) is 5.80. The number of carbonyl (C=O) groups excluding carboxylic acids is 1. The van der Waals surface area contributed by atoms with Crippen LogP contribution in [-0.2, 0) is 4.79 Å². The summed E-state index contributed by atoms with van der Waals surface area (Å²) < 4.78 is 0. The van der Waals surface area contributed by atoms with E-state index in [1.54, 1.807) is 4.90 Å². The largest absolute Gasteiger partial charge is 0.330 e. The third kappa shape index (κ3) is 4.94. The van der Waals surface area contributed by atoms with Crippen LogP contribution in [0, 0.1) is 5.92 Å². The minimum absolute atomic E-state index is 0.0403. The maximum atomic E-state index is 12.8. The maximum absolute atomic E-state index is 12.8. The van der Waals surface area contributed by atoms with Crippen LogP contribution in [0.15, 0.2) is 28.8 Å². The Labute approximate surface area is 165 Å². The molecule has 5 heteroatoms. The topological polar surface area (TPSA) is 47.9 Å². The zero-order valence-corrected chi connectivity index (χ0v) is 18.0. The van der Waals surface area contributed by atoms with Gasteiger partial charge in [0.2, 0.25) is 0 Å². The highest BCUT2D eigenvalue weighted by Crippen LogP contribution is 2.27. The lowest BCUT2D eigenvalue weighted by atomic mass is 9.95. The lowest BCUT2D eigenvalue weighted by molar-refractivity contribution is -0.127. The molecule has 1 heterocycles. The van der Waals surface area contributed by atoms with Crippen molar-refractivity contribution >= 4 is 11.7 Å². The van der Waals surface area contributed by atoms with Crippen molar-refractivity contribution in [2.24, 2.45) is 10.9 Å². The number of aliphatic imine (C=N–C) groups is 1. The van der Waals surface area contributed by atoms with E-state index >= 15 is 0 Å². The Balaban J connectivity index is 2.37. The van der Waals surface area contributed by atoms with Crippen LogP contribution in [0.4, 0.5) is 0 Å². The Morgan fingerprint density at radius 2 is 1.89 bits per heavy atom. The normalized spacial score (nSPS) is 21.1. The number of nitrogens with one attached hydrogen (secondary N) is 1. The third-order valence-electron chi connectivity index (χ3n) is 5.80. The molecule has 0 radical (unpaired) electrons. The Bertz CT molecular complexity index is 601. The van der Waals surface area contributed by atoms with E-state index in [9.17, 15) is 4.79 Å². The summed E-state index contributed by atoms with van der Waals surface area (Å²) in [6.07, 6.45) is 8.23. The summed E-state index contributed by atoms with van der Waals surface area (Å²) in [7, 11) is 0. The number of hydrogen-bond acceptors (Lipinski definition) is 3. The van der Waals surface area contributed by atoms with Gasteiger partial charge in [-0.3, -0.25) is 14.7 Å². The van der Waals surface area contributed by atoms with Crippen molar-refractivity contribution in [2.45, 2.75) is 85.6 Å². The molecule has 1 aliphatic heterocycles. The molecule has 1 unspecified atom stereocenters. The smallest absolute Gasteiger partial charge is 0.258 e. The van der Waals surface area contributed by atoms with Gasteiger partial charge in [-0.2, -0.15) is 0 Å². The molecule has 27 heavy (non-hydrogen) atoms. The number of amidine groups is 1. The summed E-state index contributed by atoms with van der Waals surface area (Å²) in [6.45, 7) is 16.1. The minimum atomic E-state index is 0.0403. The van der Waals surface area contributed by atoms with Crippen LogP contribution >= 0.6 is 0 Å². The van der Waals surface area contributed by atoms with Gasteiger partial charge in [0.25, 0.3) is 5.91 Å². The predicted octanol–water partition coefficient (Wildman–Crippen LogP) is 4.63. The summed E-state index contributed by atoms with van der Waals surface area (Å²) >= 11 is 0. The molecule has 0 spiro atoms. The molecule has 0 aromatic heterocycles. The van der Waals surface area contributed by atoms with Gasteiger partial charge in [-0.15, -0.1) is 0 Å². The fraction of sp³-hybridized carbons (Fsp3) is 0.727. The SMILES string of the molecule is C=C1N(CC)C(=O)C(C)=C(NC(=NC2CCCCC2)C(C)CC)N1CCC. The van der Waals surface area contributed by atoms with Gasteiger partial charge in [-0.1, -0.05) is 46.6 Å². The number of hydrogen-bond donors (Lipinski definition) is 1. The first-order valence-corrected chi connectivity index (χ1v) is 10.8. The summed E-state index contributed by atoms with van der Waals surface area (Å²) in [5.74, 6) is 3.03. The molecule has 0 aromatic rings. The average molecular weight is 375 g/mol. The molecule has 0 bridgehead atoms. The first kappa shape index (κ1) is 21.5. The summed E-state index contributed by atoms with van der Waals surface area (Å²) in [5.41, 5.74) is 0.748. The van der Waals surface area contributed by atoms with Crippen LogP contribution in [0.2, 0.25) is 0 Å². The fourth-order valence-electron chi connectivity index (χ4n) is 3.85. The number of rotatable bonds is 7. The Morgan fingerprint density at radius 1 is 1.22 bits per heavy atom. The molecule has 1 saturated carbocycles. The number of carbonyl (C=O) groups is 1. The molecule has 5 nitrogen and oxygen atoms in total. The van der Waals surface area contributed by atoms with Crippen LogP contribution in [0.5, 0.6) is 0 Å². The van der Waals surface area contributed by atoms with Crippen LogP contribution in [0.25, 0.3) is 0 Å². The van der Waals surface area contributed by atoms with E-state index in [-0.39, 0.29) is 5.91 Å². The molecule has 1 aliphatic carbocycles. The van der Waals surface area contributed by atoms with Crippen LogP contribution in [-0.4, -0.2) is 40.7 Å². The van der Waals surface area contributed by atoms with Gasteiger partial charge in [-0.25, -0.2) is 0 Å². The van der Waals surface area contributed by atoms with Gasteiger partial charge in [0, 0.05) is 19.0 Å². The fourth-order valence-corrected chi connectivity index (χ4v) is 3.85. The molecule has 1 atom stereocenters. The Hall–Kier alpha value is -1.78. The Kier molecular flexibility index (Phi) is 7.93. The molecule has 1 N–H and O–H groups in total. The quantitative estimate of drug-likeness (QED) is 0.522. The lowest BCUT2D eigenvalue weighted by Gasteiger charge is -2.41. The maximum Gasteiger partial charge on any atom is 0.258 e. The van der Waals surface area contributed by atoms with Crippen molar-refractivity contribution in [2.75, 3.05) is 13.1 Å². The van der Waals surface area contributed by atoms with Crippen molar-refractivity contribution in [3.8, 4) is 0 Å². The van der Waals surface area contributed by atoms with E-state index in [0.717, 1.165) is 42.4 Å². The molecule has 2 rings (SSSR count). The summed E-state index contributed by atoms with van der Waals surface area (Å²) in [4.78, 5) is 21.9. The van der Waals surface area contributed by atoms with Crippen molar-refractivity contribution in [1.29, 1.82) is 0 Å². The molecular weight excluding hydrogens is 336 g/mol. The van der Waals surface area contributed by atoms with E-state index < -0.39 is 0 Å². The van der Waals surface area contributed by atoms with Crippen molar-refractivity contribution < 1.29 is 4.79 Å². The van der Waals surface area contributed by atoms with Crippen molar-refractivity contribution in [1.82, 2.24) is 15.1 Å². The second-order valence-electron chi connectivity index (χ2n) is 7.83.